The van der Waals surface area contributed by atoms with Crippen LogP contribution in [0, 0.1) is 24.2 Å². The quantitative estimate of drug-likeness (QED) is 0.637. The summed E-state index contributed by atoms with van der Waals surface area (Å²) in [5.74, 6) is 3.23. The lowest BCUT2D eigenvalue weighted by Gasteiger charge is -2.17. The molecule has 3 heteroatoms. The third kappa shape index (κ3) is 4.88. The molecule has 0 aliphatic carbocycles. The molecule has 0 spiro atoms. The summed E-state index contributed by atoms with van der Waals surface area (Å²) in [5, 5.41) is 2.79. The highest BCUT2D eigenvalue weighted by Gasteiger charge is 2.13. The highest BCUT2D eigenvalue weighted by Crippen LogP contribution is 2.07. The third-order valence-electron chi connectivity index (χ3n) is 2.41. The molecule has 0 saturated heterocycles. The van der Waals surface area contributed by atoms with Gasteiger partial charge in [0.15, 0.2) is 0 Å². The van der Waals surface area contributed by atoms with Gasteiger partial charge in [0.25, 0.3) is 0 Å². The van der Waals surface area contributed by atoms with Crippen LogP contribution in [0.2, 0.25) is 0 Å². The van der Waals surface area contributed by atoms with Crippen LogP contribution >= 0.6 is 0 Å². The molecule has 0 aliphatic rings. The molecule has 0 saturated carbocycles. The predicted octanol–water partition coefficient (Wildman–Crippen LogP) is 0.745. The summed E-state index contributed by atoms with van der Waals surface area (Å²) in [4.78, 5) is 11.3. The number of hydrogen-bond acceptors (Lipinski definition) is 2. The van der Waals surface area contributed by atoms with Crippen molar-refractivity contribution in [1.29, 1.82) is 0 Å². The van der Waals surface area contributed by atoms with Crippen molar-refractivity contribution < 1.29 is 4.79 Å². The summed E-state index contributed by atoms with van der Waals surface area (Å²) < 4.78 is 0. The molecule has 0 bridgehead atoms. The van der Waals surface area contributed by atoms with Gasteiger partial charge in [-0.05, 0) is 11.8 Å². The number of hydrogen-bond donors (Lipinski definition) is 2. The van der Waals surface area contributed by atoms with E-state index in [9.17, 15) is 4.79 Å². The lowest BCUT2D eigenvalue weighted by Crippen LogP contribution is -2.42. The predicted molar refractivity (Wildman–Crippen MR) is 58.4 cm³/mol. The smallest absolute Gasteiger partial charge is 0.237 e. The Bertz CT molecular complexity index is 218. The molecule has 0 heterocycles. The van der Waals surface area contributed by atoms with Gasteiger partial charge in [0, 0.05) is 13.0 Å². The maximum absolute atomic E-state index is 11.3. The molecule has 0 aromatic heterocycles. The first-order valence-corrected chi connectivity index (χ1v) is 4.95. The van der Waals surface area contributed by atoms with E-state index in [2.05, 4.69) is 32.0 Å². The van der Waals surface area contributed by atoms with Crippen LogP contribution in [0.3, 0.4) is 0 Å². The van der Waals surface area contributed by atoms with E-state index in [-0.39, 0.29) is 5.91 Å². The fourth-order valence-corrected chi connectivity index (χ4v) is 0.848. The Hall–Kier alpha value is -1.01. The zero-order valence-corrected chi connectivity index (χ0v) is 9.21. The number of nitrogens with one attached hydrogen (secondary N) is 1. The maximum Gasteiger partial charge on any atom is 0.237 e. The lowest BCUT2D eigenvalue weighted by atomic mass is 9.98. The van der Waals surface area contributed by atoms with Gasteiger partial charge in [-0.2, -0.15) is 0 Å². The van der Waals surface area contributed by atoms with Crippen molar-refractivity contribution in [3.8, 4) is 12.3 Å². The monoisotopic (exact) mass is 196 g/mol. The highest BCUT2D eigenvalue weighted by atomic mass is 16.2. The Morgan fingerprint density at radius 2 is 2.07 bits per heavy atom. The molecule has 14 heavy (non-hydrogen) atoms. The molecule has 2 unspecified atom stereocenters. The summed E-state index contributed by atoms with van der Waals surface area (Å²) in [6, 6.07) is -0.570. The van der Waals surface area contributed by atoms with Gasteiger partial charge in [-0.25, -0.2) is 0 Å². The first kappa shape index (κ1) is 13.0. The van der Waals surface area contributed by atoms with E-state index < -0.39 is 6.04 Å². The largest absolute Gasteiger partial charge is 0.354 e. The number of carbonyl (C=O) groups is 1. The second-order valence-corrected chi connectivity index (χ2v) is 3.98. The van der Waals surface area contributed by atoms with Crippen molar-refractivity contribution in [3.05, 3.63) is 0 Å². The summed E-state index contributed by atoms with van der Waals surface area (Å²) >= 11 is 0. The molecule has 0 aromatic carbocycles. The second-order valence-electron chi connectivity index (χ2n) is 3.98. The molecule has 0 radical (unpaired) electrons. The normalized spacial score (nSPS) is 14.6. The average molecular weight is 196 g/mol. The van der Waals surface area contributed by atoms with E-state index in [1.807, 2.05) is 0 Å². The zero-order valence-electron chi connectivity index (χ0n) is 9.21. The van der Waals surface area contributed by atoms with Crippen LogP contribution in [-0.2, 0) is 4.79 Å². The average Bonchev–Trinajstić information content (AvgIpc) is 2.13. The Balaban J connectivity index is 3.80. The van der Waals surface area contributed by atoms with Crippen LogP contribution in [0.25, 0.3) is 0 Å². The fourth-order valence-electron chi connectivity index (χ4n) is 0.848. The third-order valence-corrected chi connectivity index (χ3v) is 2.41. The number of amides is 1. The zero-order chi connectivity index (χ0) is 11.1. The SMILES string of the molecule is C#CCC(N)C(=O)NCC(C)C(C)C. The molecule has 0 aromatic rings. The Labute approximate surface area is 86.4 Å². The maximum atomic E-state index is 11.3. The van der Waals surface area contributed by atoms with E-state index in [1.54, 1.807) is 0 Å². The van der Waals surface area contributed by atoms with Crippen molar-refractivity contribution in [2.45, 2.75) is 33.2 Å². The van der Waals surface area contributed by atoms with Crippen LogP contribution in [-0.4, -0.2) is 18.5 Å². The van der Waals surface area contributed by atoms with E-state index in [0.717, 1.165) is 0 Å². The van der Waals surface area contributed by atoms with Crippen molar-refractivity contribution in [2.24, 2.45) is 17.6 Å². The number of terminal acetylenes is 1. The van der Waals surface area contributed by atoms with Crippen LogP contribution in [0.4, 0.5) is 0 Å². The van der Waals surface area contributed by atoms with Crippen molar-refractivity contribution in [3.63, 3.8) is 0 Å². The van der Waals surface area contributed by atoms with Gasteiger partial charge in [0.2, 0.25) is 5.91 Å². The molecule has 0 aliphatic heterocycles. The molecule has 0 rings (SSSR count). The minimum atomic E-state index is -0.570. The van der Waals surface area contributed by atoms with Gasteiger partial charge < -0.3 is 11.1 Å². The summed E-state index contributed by atoms with van der Waals surface area (Å²) in [7, 11) is 0. The molecular weight excluding hydrogens is 176 g/mol. The fraction of sp³-hybridized carbons (Fsp3) is 0.727. The van der Waals surface area contributed by atoms with Crippen LogP contribution in [0.15, 0.2) is 0 Å². The van der Waals surface area contributed by atoms with Crippen molar-refractivity contribution >= 4 is 5.91 Å². The molecular formula is C11H20N2O. The standard InChI is InChI=1S/C11H20N2O/c1-5-6-10(12)11(14)13-7-9(4)8(2)3/h1,8-10H,6-7,12H2,2-4H3,(H,13,14). The Morgan fingerprint density at radius 1 is 1.50 bits per heavy atom. The molecule has 80 valence electrons. The Morgan fingerprint density at radius 3 is 2.50 bits per heavy atom. The van der Waals surface area contributed by atoms with Crippen LogP contribution in [0.5, 0.6) is 0 Å². The first-order chi connectivity index (χ1) is 6.49. The Kier molecular flexibility index (Phi) is 5.98. The lowest BCUT2D eigenvalue weighted by molar-refractivity contribution is -0.122. The van der Waals surface area contributed by atoms with E-state index in [0.29, 0.717) is 24.8 Å². The molecule has 3 N–H and O–H groups in total. The second kappa shape index (κ2) is 6.44. The summed E-state index contributed by atoms with van der Waals surface area (Å²) in [6.07, 6.45) is 5.35. The minimum absolute atomic E-state index is 0.157. The van der Waals surface area contributed by atoms with E-state index in [4.69, 9.17) is 12.2 Å². The minimum Gasteiger partial charge on any atom is -0.354 e. The summed E-state index contributed by atoms with van der Waals surface area (Å²) in [6.45, 7) is 7.00. The van der Waals surface area contributed by atoms with Gasteiger partial charge in [-0.1, -0.05) is 20.8 Å². The molecule has 1 amide bonds. The first-order valence-electron chi connectivity index (χ1n) is 4.95. The van der Waals surface area contributed by atoms with Crippen LogP contribution < -0.4 is 11.1 Å². The van der Waals surface area contributed by atoms with Crippen molar-refractivity contribution in [1.82, 2.24) is 5.32 Å². The topological polar surface area (TPSA) is 55.1 Å². The summed E-state index contributed by atoms with van der Waals surface area (Å²) in [5.41, 5.74) is 5.54. The van der Waals surface area contributed by atoms with Gasteiger partial charge in [-0.3, -0.25) is 4.79 Å². The number of rotatable bonds is 5. The van der Waals surface area contributed by atoms with Gasteiger partial charge >= 0.3 is 0 Å². The number of carbonyl (C=O) groups excluding carboxylic acids is 1. The van der Waals surface area contributed by atoms with Gasteiger partial charge in [-0.15, -0.1) is 12.3 Å². The number of nitrogens with two attached hydrogens (primary N) is 1. The van der Waals surface area contributed by atoms with Crippen molar-refractivity contribution in [2.75, 3.05) is 6.54 Å². The molecule has 2 atom stereocenters. The highest BCUT2D eigenvalue weighted by molar-refractivity contribution is 5.81. The van der Waals surface area contributed by atoms with Crippen LogP contribution in [0.1, 0.15) is 27.2 Å². The van der Waals surface area contributed by atoms with Gasteiger partial charge in [0.05, 0.1) is 6.04 Å². The van der Waals surface area contributed by atoms with E-state index in [1.165, 1.54) is 0 Å². The van der Waals surface area contributed by atoms with E-state index >= 15 is 0 Å². The molecule has 3 nitrogen and oxygen atoms in total. The molecule has 0 fully saturated rings. The van der Waals surface area contributed by atoms with Gasteiger partial charge in [0.1, 0.15) is 0 Å².